The number of pyridine rings is 1. The molecule has 1 atom stereocenters. The number of hydrogen-bond donors (Lipinski definition) is 1. The molecule has 2 heterocycles. The van der Waals surface area contributed by atoms with Crippen LogP contribution in [0.25, 0.3) is 17.1 Å². The zero-order valence-electron chi connectivity index (χ0n) is 19.9. The molecule has 2 aromatic heterocycles. The first-order valence-corrected chi connectivity index (χ1v) is 11.8. The molecule has 0 bridgehead atoms. The molecule has 174 valence electrons. The van der Waals surface area contributed by atoms with E-state index in [1.165, 1.54) is 22.9 Å². The number of methoxy groups -OCH3 is 1. The standard InChI is InChI=1S/C26H27N5O2S/c1-16-6-9-23(33-5)22(14-16)28-25(32)19(4)34-26-30-29-24(20-10-12-27-13-11-20)31(26)21-8-7-17(2)18(3)15-21/h6-15,19H,1-5H3,(H,28,32). The maximum atomic E-state index is 13.1. The average Bonchev–Trinajstić information content (AvgIpc) is 3.25. The largest absolute Gasteiger partial charge is 0.495 e. The van der Waals surface area contributed by atoms with Gasteiger partial charge in [0.05, 0.1) is 23.7 Å². The van der Waals surface area contributed by atoms with Crippen LogP contribution >= 0.6 is 11.8 Å². The summed E-state index contributed by atoms with van der Waals surface area (Å²) >= 11 is 1.36. The Balaban J connectivity index is 1.66. The van der Waals surface area contributed by atoms with Crippen molar-refractivity contribution in [3.05, 3.63) is 77.6 Å². The zero-order valence-corrected chi connectivity index (χ0v) is 20.7. The normalized spacial score (nSPS) is 11.8. The molecule has 4 rings (SSSR count). The summed E-state index contributed by atoms with van der Waals surface area (Å²) < 4.78 is 7.39. The van der Waals surface area contributed by atoms with E-state index in [-0.39, 0.29) is 5.91 Å². The first-order valence-electron chi connectivity index (χ1n) is 10.9. The Kier molecular flexibility index (Phi) is 6.98. The van der Waals surface area contributed by atoms with Crippen molar-refractivity contribution in [1.82, 2.24) is 19.7 Å². The third-order valence-corrected chi connectivity index (χ3v) is 6.63. The summed E-state index contributed by atoms with van der Waals surface area (Å²) in [5, 5.41) is 12.1. The predicted molar refractivity (Wildman–Crippen MR) is 136 cm³/mol. The van der Waals surface area contributed by atoms with Crippen LogP contribution in [0.5, 0.6) is 5.75 Å². The van der Waals surface area contributed by atoms with E-state index in [0.717, 1.165) is 16.8 Å². The molecular weight excluding hydrogens is 446 g/mol. The Hall–Kier alpha value is -3.65. The van der Waals surface area contributed by atoms with Crippen molar-refractivity contribution < 1.29 is 9.53 Å². The topological polar surface area (TPSA) is 81.9 Å². The Bertz CT molecular complexity index is 1320. The lowest BCUT2D eigenvalue weighted by molar-refractivity contribution is -0.115. The van der Waals surface area contributed by atoms with Crippen LogP contribution < -0.4 is 10.1 Å². The van der Waals surface area contributed by atoms with Crippen molar-refractivity contribution >= 4 is 23.4 Å². The summed E-state index contributed by atoms with van der Waals surface area (Å²) in [5.74, 6) is 1.17. The highest BCUT2D eigenvalue weighted by Crippen LogP contribution is 2.32. The predicted octanol–water partition coefficient (Wildman–Crippen LogP) is 5.38. The van der Waals surface area contributed by atoms with E-state index in [0.29, 0.717) is 22.4 Å². The molecule has 0 aliphatic carbocycles. The van der Waals surface area contributed by atoms with Gasteiger partial charge in [-0.15, -0.1) is 10.2 Å². The quantitative estimate of drug-likeness (QED) is 0.363. The molecule has 0 aliphatic heterocycles. The molecule has 4 aromatic rings. The second kappa shape index (κ2) is 10.1. The molecule has 8 heteroatoms. The number of anilines is 1. The van der Waals surface area contributed by atoms with Crippen molar-refractivity contribution in [2.45, 2.75) is 38.1 Å². The zero-order chi connectivity index (χ0) is 24.2. The highest BCUT2D eigenvalue weighted by Gasteiger charge is 2.23. The van der Waals surface area contributed by atoms with Crippen molar-refractivity contribution in [2.24, 2.45) is 0 Å². The van der Waals surface area contributed by atoms with Gasteiger partial charge in [-0.3, -0.25) is 14.3 Å². The number of thioether (sulfide) groups is 1. The number of rotatable bonds is 7. The Morgan fingerprint density at radius 2 is 1.76 bits per heavy atom. The first-order chi connectivity index (χ1) is 16.4. The fourth-order valence-corrected chi connectivity index (χ4v) is 4.36. The van der Waals surface area contributed by atoms with Gasteiger partial charge in [0.25, 0.3) is 0 Å². The Labute approximate surface area is 203 Å². The molecule has 1 N–H and O–H groups in total. The minimum atomic E-state index is -0.426. The lowest BCUT2D eigenvalue weighted by Gasteiger charge is -2.16. The number of hydrogen-bond acceptors (Lipinski definition) is 6. The summed E-state index contributed by atoms with van der Waals surface area (Å²) in [7, 11) is 1.59. The van der Waals surface area contributed by atoms with Gasteiger partial charge >= 0.3 is 0 Å². The minimum absolute atomic E-state index is 0.144. The van der Waals surface area contributed by atoms with Gasteiger partial charge in [0.15, 0.2) is 11.0 Å². The smallest absolute Gasteiger partial charge is 0.237 e. The molecule has 1 unspecified atom stereocenters. The van der Waals surface area contributed by atoms with Crippen LogP contribution in [0.4, 0.5) is 5.69 Å². The second-order valence-corrected chi connectivity index (χ2v) is 9.41. The van der Waals surface area contributed by atoms with Gasteiger partial charge in [-0.2, -0.15) is 0 Å². The second-order valence-electron chi connectivity index (χ2n) is 8.10. The van der Waals surface area contributed by atoms with E-state index in [9.17, 15) is 4.79 Å². The van der Waals surface area contributed by atoms with E-state index in [2.05, 4.69) is 46.5 Å². The van der Waals surface area contributed by atoms with E-state index < -0.39 is 5.25 Å². The number of nitrogens with one attached hydrogen (secondary N) is 1. The summed E-state index contributed by atoms with van der Waals surface area (Å²) in [6.07, 6.45) is 3.46. The van der Waals surface area contributed by atoms with Gasteiger partial charge in [0.2, 0.25) is 5.91 Å². The number of amides is 1. The van der Waals surface area contributed by atoms with Crippen LogP contribution in [0.2, 0.25) is 0 Å². The molecule has 0 fully saturated rings. The van der Waals surface area contributed by atoms with Crippen molar-refractivity contribution in [2.75, 3.05) is 12.4 Å². The van der Waals surface area contributed by atoms with Gasteiger partial charge in [0, 0.05) is 18.0 Å². The maximum Gasteiger partial charge on any atom is 0.237 e. The third-order valence-electron chi connectivity index (χ3n) is 5.58. The molecule has 2 aromatic carbocycles. The fourth-order valence-electron chi connectivity index (χ4n) is 3.50. The van der Waals surface area contributed by atoms with Crippen LogP contribution in [-0.4, -0.2) is 38.0 Å². The Morgan fingerprint density at radius 3 is 2.47 bits per heavy atom. The summed E-state index contributed by atoms with van der Waals surface area (Å²) in [6, 6.07) is 15.7. The van der Waals surface area contributed by atoms with Crippen LogP contribution in [0, 0.1) is 20.8 Å². The van der Waals surface area contributed by atoms with E-state index in [1.807, 2.05) is 54.8 Å². The molecule has 0 spiro atoms. The van der Waals surface area contributed by atoms with Crippen LogP contribution in [0.3, 0.4) is 0 Å². The Morgan fingerprint density at radius 1 is 1.00 bits per heavy atom. The molecule has 0 radical (unpaired) electrons. The van der Waals surface area contributed by atoms with Crippen LogP contribution in [0.1, 0.15) is 23.6 Å². The fraction of sp³-hybridized carbons (Fsp3) is 0.231. The van der Waals surface area contributed by atoms with E-state index >= 15 is 0 Å². The minimum Gasteiger partial charge on any atom is -0.495 e. The SMILES string of the molecule is COc1ccc(C)cc1NC(=O)C(C)Sc1nnc(-c2ccncc2)n1-c1ccc(C)c(C)c1. The van der Waals surface area contributed by atoms with Crippen LogP contribution in [0.15, 0.2) is 66.1 Å². The van der Waals surface area contributed by atoms with E-state index in [4.69, 9.17) is 4.74 Å². The van der Waals surface area contributed by atoms with Gasteiger partial charge in [-0.05, 0) is 80.8 Å². The van der Waals surface area contributed by atoms with Gasteiger partial charge < -0.3 is 10.1 Å². The highest BCUT2D eigenvalue weighted by molar-refractivity contribution is 8.00. The number of carbonyl (C=O) groups excluding carboxylic acids is 1. The summed E-state index contributed by atoms with van der Waals surface area (Å²) in [4.78, 5) is 17.2. The monoisotopic (exact) mass is 473 g/mol. The number of nitrogens with zero attached hydrogens (tertiary/aromatic N) is 4. The number of ether oxygens (including phenoxy) is 1. The van der Waals surface area contributed by atoms with Crippen molar-refractivity contribution in [1.29, 1.82) is 0 Å². The lowest BCUT2D eigenvalue weighted by Crippen LogP contribution is -2.23. The number of aryl methyl sites for hydroxylation is 3. The number of aromatic nitrogens is 4. The van der Waals surface area contributed by atoms with Gasteiger partial charge in [-0.1, -0.05) is 23.9 Å². The third kappa shape index (κ3) is 4.97. The van der Waals surface area contributed by atoms with Crippen LogP contribution in [-0.2, 0) is 4.79 Å². The maximum absolute atomic E-state index is 13.1. The van der Waals surface area contributed by atoms with Gasteiger partial charge in [-0.25, -0.2) is 0 Å². The molecule has 7 nitrogen and oxygen atoms in total. The number of benzene rings is 2. The van der Waals surface area contributed by atoms with Crippen molar-refractivity contribution in [3.63, 3.8) is 0 Å². The van der Waals surface area contributed by atoms with Gasteiger partial charge in [0.1, 0.15) is 5.75 Å². The number of carbonyl (C=O) groups is 1. The molecule has 1 amide bonds. The summed E-state index contributed by atoms with van der Waals surface area (Å²) in [6.45, 7) is 7.98. The molecule has 0 saturated heterocycles. The first kappa shape index (κ1) is 23.5. The summed E-state index contributed by atoms with van der Waals surface area (Å²) in [5.41, 5.74) is 5.89. The highest BCUT2D eigenvalue weighted by atomic mass is 32.2. The molecular formula is C26H27N5O2S. The molecule has 0 saturated carbocycles. The van der Waals surface area contributed by atoms with Crippen molar-refractivity contribution in [3.8, 4) is 22.8 Å². The van der Waals surface area contributed by atoms with E-state index in [1.54, 1.807) is 19.5 Å². The average molecular weight is 474 g/mol. The molecule has 34 heavy (non-hydrogen) atoms. The lowest BCUT2D eigenvalue weighted by atomic mass is 10.1. The molecule has 0 aliphatic rings.